The number of aromatic nitrogens is 1. The molecule has 0 bridgehead atoms. The van der Waals surface area contributed by atoms with Gasteiger partial charge < -0.3 is 10.1 Å². The Morgan fingerprint density at radius 1 is 1.37 bits per heavy atom. The molecule has 0 fully saturated rings. The van der Waals surface area contributed by atoms with Gasteiger partial charge in [0.15, 0.2) is 0 Å². The van der Waals surface area contributed by atoms with Gasteiger partial charge in [0.25, 0.3) is 0 Å². The number of methoxy groups -OCH3 is 1. The fraction of sp³-hybridized carbons (Fsp3) is 0.143. The number of rotatable bonds is 4. The minimum Gasteiger partial charge on any atom is -0.497 e. The number of halogens is 1. The number of hydrogen-bond donors (Lipinski definition) is 1. The van der Waals surface area contributed by atoms with Crippen LogP contribution in [0.4, 0.5) is 5.69 Å². The van der Waals surface area contributed by atoms with E-state index >= 15 is 0 Å². The molecule has 0 aliphatic rings. The monoisotopic (exact) mass is 320 g/mol. The SMILES string of the molecule is COc1ccc(Br)c(NC(=O)Cc2ccccn2)c1. The lowest BCUT2D eigenvalue weighted by atomic mass is 10.2. The van der Waals surface area contributed by atoms with Crippen LogP contribution < -0.4 is 10.1 Å². The van der Waals surface area contributed by atoms with Gasteiger partial charge in [-0.05, 0) is 40.2 Å². The maximum absolute atomic E-state index is 11.9. The van der Waals surface area contributed by atoms with E-state index in [0.717, 1.165) is 10.2 Å². The van der Waals surface area contributed by atoms with Gasteiger partial charge in [0.05, 0.1) is 19.2 Å². The Morgan fingerprint density at radius 3 is 2.89 bits per heavy atom. The standard InChI is InChI=1S/C14H13BrN2O2/c1-19-11-5-6-12(15)13(9-11)17-14(18)8-10-4-2-3-7-16-10/h2-7,9H,8H2,1H3,(H,17,18). The lowest BCUT2D eigenvalue weighted by Gasteiger charge is -2.09. The van der Waals surface area contributed by atoms with Gasteiger partial charge >= 0.3 is 0 Å². The molecule has 2 rings (SSSR count). The fourth-order valence-corrected chi connectivity index (χ4v) is 1.93. The van der Waals surface area contributed by atoms with E-state index in [1.54, 1.807) is 19.4 Å². The number of amides is 1. The molecule has 0 atom stereocenters. The summed E-state index contributed by atoms with van der Waals surface area (Å²) in [5.74, 6) is 0.573. The van der Waals surface area contributed by atoms with E-state index in [2.05, 4.69) is 26.2 Å². The number of nitrogens with zero attached hydrogens (tertiary/aromatic N) is 1. The third-order valence-electron chi connectivity index (χ3n) is 2.52. The molecule has 0 saturated carbocycles. The molecule has 98 valence electrons. The highest BCUT2D eigenvalue weighted by Gasteiger charge is 2.08. The Bertz CT molecular complexity index is 573. The fourth-order valence-electron chi connectivity index (χ4n) is 1.59. The van der Waals surface area contributed by atoms with Crippen LogP contribution >= 0.6 is 15.9 Å². The molecule has 4 nitrogen and oxygen atoms in total. The first kappa shape index (κ1) is 13.5. The van der Waals surface area contributed by atoms with Gasteiger partial charge in [-0.1, -0.05) is 6.07 Å². The van der Waals surface area contributed by atoms with Crippen molar-refractivity contribution in [3.8, 4) is 5.75 Å². The van der Waals surface area contributed by atoms with Crippen molar-refractivity contribution >= 4 is 27.5 Å². The minimum atomic E-state index is -0.118. The van der Waals surface area contributed by atoms with E-state index in [0.29, 0.717) is 11.4 Å². The summed E-state index contributed by atoms with van der Waals surface area (Å²) in [5.41, 5.74) is 1.42. The number of benzene rings is 1. The van der Waals surface area contributed by atoms with Gasteiger partial charge in [-0.15, -0.1) is 0 Å². The second-order valence-corrected chi connectivity index (χ2v) is 4.75. The largest absolute Gasteiger partial charge is 0.497 e. The molecule has 1 N–H and O–H groups in total. The van der Waals surface area contributed by atoms with E-state index in [9.17, 15) is 4.79 Å². The van der Waals surface area contributed by atoms with Crippen LogP contribution in [-0.2, 0) is 11.2 Å². The molecule has 0 spiro atoms. The molecular weight excluding hydrogens is 308 g/mol. The topological polar surface area (TPSA) is 51.2 Å². The molecule has 0 aliphatic heterocycles. The summed E-state index contributed by atoms with van der Waals surface area (Å²) in [4.78, 5) is 16.0. The predicted octanol–water partition coefficient (Wildman–Crippen LogP) is 3.03. The van der Waals surface area contributed by atoms with Crippen LogP contribution in [-0.4, -0.2) is 18.0 Å². The number of carbonyl (C=O) groups excluding carboxylic acids is 1. The normalized spacial score (nSPS) is 10.0. The van der Waals surface area contributed by atoms with Crippen molar-refractivity contribution in [1.82, 2.24) is 4.98 Å². The van der Waals surface area contributed by atoms with E-state index in [-0.39, 0.29) is 12.3 Å². The highest BCUT2D eigenvalue weighted by Crippen LogP contribution is 2.27. The van der Waals surface area contributed by atoms with Crippen LogP contribution in [0.2, 0.25) is 0 Å². The lowest BCUT2D eigenvalue weighted by Crippen LogP contribution is -2.15. The highest BCUT2D eigenvalue weighted by atomic mass is 79.9. The van der Waals surface area contributed by atoms with Crippen molar-refractivity contribution in [2.24, 2.45) is 0 Å². The average Bonchev–Trinajstić information content (AvgIpc) is 2.42. The first-order valence-corrected chi connectivity index (χ1v) is 6.51. The second kappa shape index (κ2) is 6.33. The third-order valence-corrected chi connectivity index (χ3v) is 3.21. The van der Waals surface area contributed by atoms with E-state index < -0.39 is 0 Å². The Morgan fingerprint density at radius 2 is 2.21 bits per heavy atom. The predicted molar refractivity (Wildman–Crippen MR) is 77.3 cm³/mol. The van der Waals surface area contributed by atoms with Crippen molar-refractivity contribution in [2.75, 3.05) is 12.4 Å². The van der Waals surface area contributed by atoms with Gasteiger partial charge in [-0.25, -0.2) is 0 Å². The molecule has 5 heteroatoms. The average molecular weight is 321 g/mol. The Balaban J connectivity index is 2.06. The van der Waals surface area contributed by atoms with Crippen LogP contribution in [0, 0.1) is 0 Å². The van der Waals surface area contributed by atoms with Crippen LogP contribution in [0.5, 0.6) is 5.75 Å². The molecule has 1 aromatic heterocycles. The van der Waals surface area contributed by atoms with E-state index in [1.807, 2.05) is 30.3 Å². The molecule has 1 amide bonds. The number of ether oxygens (including phenoxy) is 1. The van der Waals surface area contributed by atoms with Crippen LogP contribution in [0.15, 0.2) is 47.1 Å². The van der Waals surface area contributed by atoms with Crippen molar-refractivity contribution in [3.63, 3.8) is 0 Å². The Labute approximate surface area is 119 Å². The summed E-state index contributed by atoms with van der Waals surface area (Å²) in [7, 11) is 1.59. The van der Waals surface area contributed by atoms with Crippen LogP contribution in [0.3, 0.4) is 0 Å². The van der Waals surface area contributed by atoms with Crippen molar-refractivity contribution < 1.29 is 9.53 Å². The number of nitrogens with one attached hydrogen (secondary N) is 1. The van der Waals surface area contributed by atoms with Gasteiger partial charge in [0, 0.05) is 22.4 Å². The molecule has 0 unspecified atom stereocenters. The van der Waals surface area contributed by atoms with Gasteiger partial charge in [0.1, 0.15) is 5.75 Å². The summed E-state index contributed by atoms with van der Waals surface area (Å²) in [5, 5.41) is 2.83. The number of anilines is 1. The lowest BCUT2D eigenvalue weighted by molar-refractivity contribution is -0.115. The van der Waals surface area contributed by atoms with E-state index in [4.69, 9.17) is 4.74 Å². The summed E-state index contributed by atoms with van der Waals surface area (Å²) in [6, 6.07) is 10.9. The van der Waals surface area contributed by atoms with Crippen LogP contribution in [0.25, 0.3) is 0 Å². The zero-order valence-electron chi connectivity index (χ0n) is 10.4. The summed E-state index contributed by atoms with van der Waals surface area (Å²) in [6.07, 6.45) is 1.91. The molecule has 2 aromatic rings. The van der Waals surface area contributed by atoms with Gasteiger partial charge in [-0.2, -0.15) is 0 Å². The minimum absolute atomic E-state index is 0.118. The van der Waals surface area contributed by atoms with Gasteiger partial charge in [-0.3, -0.25) is 9.78 Å². The molecule has 0 radical (unpaired) electrons. The number of hydrogen-bond acceptors (Lipinski definition) is 3. The molecule has 1 aromatic carbocycles. The highest BCUT2D eigenvalue weighted by molar-refractivity contribution is 9.10. The van der Waals surface area contributed by atoms with Crippen LogP contribution in [0.1, 0.15) is 5.69 Å². The van der Waals surface area contributed by atoms with Gasteiger partial charge in [0.2, 0.25) is 5.91 Å². The molecular formula is C14H13BrN2O2. The Kier molecular flexibility index (Phi) is 4.52. The van der Waals surface area contributed by atoms with Crippen molar-refractivity contribution in [1.29, 1.82) is 0 Å². The maximum Gasteiger partial charge on any atom is 0.230 e. The number of pyridine rings is 1. The summed E-state index contributed by atoms with van der Waals surface area (Å²) >= 11 is 3.39. The van der Waals surface area contributed by atoms with Crippen molar-refractivity contribution in [2.45, 2.75) is 6.42 Å². The smallest absolute Gasteiger partial charge is 0.230 e. The quantitative estimate of drug-likeness (QED) is 0.942. The Hall–Kier alpha value is -1.88. The number of carbonyl (C=O) groups is 1. The first-order valence-electron chi connectivity index (χ1n) is 5.72. The van der Waals surface area contributed by atoms with E-state index in [1.165, 1.54) is 0 Å². The zero-order valence-corrected chi connectivity index (χ0v) is 12.0. The zero-order chi connectivity index (χ0) is 13.7. The second-order valence-electron chi connectivity index (χ2n) is 3.89. The summed E-state index contributed by atoms with van der Waals surface area (Å²) < 4.78 is 5.93. The third kappa shape index (κ3) is 3.79. The molecule has 19 heavy (non-hydrogen) atoms. The maximum atomic E-state index is 11.9. The van der Waals surface area contributed by atoms with Crippen molar-refractivity contribution in [3.05, 3.63) is 52.8 Å². The molecule has 0 aliphatic carbocycles. The molecule has 0 saturated heterocycles. The summed E-state index contributed by atoms with van der Waals surface area (Å²) in [6.45, 7) is 0. The molecule has 1 heterocycles. The first-order chi connectivity index (χ1) is 9.19.